The highest BCUT2D eigenvalue weighted by molar-refractivity contribution is 7.80. The van der Waals surface area contributed by atoms with Gasteiger partial charge < -0.3 is 10.1 Å². The van der Waals surface area contributed by atoms with Crippen LogP contribution in [-0.2, 0) is 0 Å². The molecular formula is C25H16Cl3N3O2S. The molecule has 0 aromatic heterocycles. The summed E-state index contributed by atoms with van der Waals surface area (Å²) in [4.78, 5) is 12.8. The second kappa shape index (κ2) is 10.8. The quantitative estimate of drug-likeness (QED) is 0.0933. The SMILES string of the molecule is O=C(Oc1ccc2ccccc2c1C=NNC(=S)Nc1cccc(Cl)c1)c1ccc(Cl)cc1Cl. The second-order valence-corrected chi connectivity index (χ2v) is 8.73. The zero-order valence-corrected chi connectivity index (χ0v) is 20.5. The highest BCUT2D eigenvalue weighted by atomic mass is 35.5. The van der Waals surface area contributed by atoms with Crippen LogP contribution < -0.4 is 15.5 Å². The minimum atomic E-state index is -0.613. The monoisotopic (exact) mass is 527 g/mol. The third-order valence-corrected chi connectivity index (χ3v) is 5.70. The predicted octanol–water partition coefficient (Wildman–Crippen LogP) is 7.34. The van der Waals surface area contributed by atoms with Gasteiger partial charge in [0.1, 0.15) is 5.75 Å². The summed E-state index contributed by atoms with van der Waals surface area (Å²) in [5.41, 5.74) is 4.28. The number of nitrogens with zero attached hydrogens (tertiary/aromatic N) is 1. The van der Waals surface area contributed by atoms with E-state index >= 15 is 0 Å². The van der Waals surface area contributed by atoms with Gasteiger partial charge in [-0.05, 0) is 65.5 Å². The number of hydrazone groups is 1. The molecule has 0 radical (unpaired) electrons. The fourth-order valence-electron chi connectivity index (χ4n) is 3.19. The van der Waals surface area contributed by atoms with Gasteiger partial charge >= 0.3 is 5.97 Å². The zero-order chi connectivity index (χ0) is 24.1. The van der Waals surface area contributed by atoms with Gasteiger partial charge in [-0.15, -0.1) is 0 Å². The van der Waals surface area contributed by atoms with E-state index in [1.807, 2.05) is 36.4 Å². The number of nitrogens with one attached hydrogen (secondary N) is 2. The summed E-state index contributed by atoms with van der Waals surface area (Å²) >= 11 is 23.4. The third kappa shape index (κ3) is 5.85. The molecule has 0 atom stereocenters. The minimum absolute atomic E-state index is 0.201. The number of carbonyl (C=O) groups excluding carboxylic acids is 1. The lowest BCUT2D eigenvalue weighted by Crippen LogP contribution is -2.23. The Morgan fingerprint density at radius 2 is 1.71 bits per heavy atom. The van der Waals surface area contributed by atoms with Crippen molar-refractivity contribution in [2.75, 3.05) is 5.32 Å². The molecule has 34 heavy (non-hydrogen) atoms. The molecule has 0 spiro atoms. The Labute approximate surface area is 216 Å². The van der Waals surface area contributed by atoms with Crippen LogP contribution in [0.15, 0.2) is 84.0 Å². The Balaban J connectivity index is 1.58. The second-order valence-electron chi connectivity index (χ2n) is 7.05. The Bertz CT molecular complexity index is 1430. The van der Waals surface area contributed by atoms with Crippen molar-refractivity contribution in [1.29, 1.82) is 0 Å². The topological polar surface area (TPSA) is 62.7 Å². The van der Waals surface area contributed by atoms with Crippen LogP contribution in [0.3, 0.4) is 0 Å². The molecule has 0 saturated heterocycles. The number of fused-ring (bicyclic) bond motifs is 1. The first-order valence-electron chi connectivity index (χ1n) is 9.95. The van der Waals surface area contributed by atoms with Gasteiger partial charge in [0.25, 0.3) is 0 Å². The molecule has 0 heterocycles. The lowest BCUT2D eigenvalue weighted by Gasteiger charge is -2.12. The smallest absolute Gasteiger partial charge is 0.345 e. The summed E-state index contributed by atoms with van der Waals surface area (Å²) in [6.07, 6.45) is 1.54. The molecule has 0 aliphatic carbocycles. The number of ether oxygens (including phenoxy) is 1. The van der Waals surface area contributed by atoms with E-state index in [0.29, 0.717) is 21.4 Å². The van der Waals surface area contributed by atoms with E-state index in [4.69, 9.17) is 51.8 Å². The fraction of sp³-hybridized carbons (Fsp3) is 0. The molecule has 0 saturated carbocycles. The summed E-state index contributed by atoms with van der Waals surface area (Å²) < 4.78 is 5.68. The van der Waals surface area contributed by atoms with Crippen LogP contribution in [0.4, 0.5) is 5.69 Å². The van der Waals surface area contributed by atoms with Crippen LogP contribution in [0.2, 0.25) is 15.1 Å². The normalized spacial score (nSPS) is 10.9. The summed E-state index contributed by atoms with van der Waals surface area (Å²) in [7, 11) is 0. The molecule has 5 nitrogen and oxygen atoms in total. The standard InChI is InChI=1S/C25H16Cl3N3O2S/c26-16-5-3-6-18(12-16)30-25(34)31-29-14-21-19-7-2-1-4-15(19)8-11-23(21)33-24(32)20-10-9-17(27)13-22(20)28/h1-14H,(H2,30,31,34). The number of benzene rings is 4. The van der Waals surface area contributed by atoms with E-state index in [2.05, 4.69) is 15.8 Å². The van der Waals surface area contributed by atoms with Crippen molar-refractivity contribution in [2.24, 2.45) is 5.10 Å². The number of carbonyl (C=O) groups is 1. The van der Waals surface area contributed by atoms with E-state index in [1.165, 1.54) is 12.1 Å². The molecule has 4 rings (SSSR count). The van der Waals surface area contributed by atoms with Crippen LogP contribution in [0.1, 0.15) is 15.9 Å². The summed E-state index contributed by atoms with van der Waals surface area (Å²) in [6.45, 7) is 0. The minimum Gasteiger partial charge on any atom is -0.422 e. The Morgan fingerprint density at radius 3 is 2.50 bits per heavy atom. The molecule has 4 aromatic rings. The van der Waals surface area contributed by atoms with E-state index in [-0.39, 0.29) is 15.7 Å². The molecule has 0 aliphatic heterocycles. The van der Waals surface area contributed by atoms with Gasteiger partial charge in [-0.1, -0.05) is 71.2 Å². The van der Waals surface area contributed by atoms with E-state index in [0.717, 1.165) is 16.5 Å². The van der Waals surface area contributed by atoms with Gasteiger partial charge in [0.2, 0.25) is 0 Å². The van der Waals surface area contributed by atoms with Crippen LogP contribution in [0.25, 0.3) is 10.8 Å². The lowest BCUT2D eigenvalue weighted by atomic mass is 10.0. The molecule has 2 N–H and O–H groups in total. The van der Waals surface area contributed by atoms with Gasteiger partial charge in [-0.2, -0.15) is 5.10 Å². The van der Waals surface area contributed by atoms with Crippen molar-refractivity contribution in [3.8, 4) is 5.75 Å². The maximum absolute atomic E-state index is 12.8. The van der Waals surface area contributed by atoms with Gasteiger partial charge in [0.05, 0.1) is 16.8 Å². The first kappa shape index (κ1) is 24.0. The first-order valence-corrected chi connectivity index (χ1v) is 11.5. The predicted molar refractivity (Wildman–Crippen MR) is 144 cm³/mol. The molecular weight excluding hydrogens is 513 g/mol. The Morgan fingerprint density at radius 1 is 0.912 bits per heavy atom. The van der Waals surface area contributed by atoms with Gasteiger partial charge in [0, 0.05) is 21.3 Å². The van der Waals surface area contributed by atoms with Crippen LogP contribution in [0.5, 0.6) is 5.75 Å². The molecule has 0 bridgehead atoms. The molecule has 4 aromatic carbocycles. The molecule has 0 aliphatic rings. The van der Waals surface area contributed by atoms with E-state index in [9.17, 15) is 4.79 Å². The van der Waals surface area contributed by atoms with Gasteiger partial charge in [0.15, 0.2) is 5.11 Å². The van der Waals surface area contributed by atoms with Crippen molar-refractivity contribution in [2.45, 2.75) is 0 Å². The molecule has 170 valence electrons. The number of hydrogen-bond acceptors (Lipinski definition) is 4. The van der Waals surface area contributed by atoms with Gasteiger partial charge in [-0.3, -0.25) is 5.43 Å². The van der Waals surface area contributed by atoms with Crippen molar-refractivity contribution in [3.63, 3.8) is 0 Å². The number of hydrogen-bond donors (Lipinski definition) is 2. The number of halogens is 3. The first-order chi connectivity index (χ1) is 16.4. The number of anilines is 1. The average molecular weight is 529 g/mol. The highest BCUT2D eigenvalue weighted by Crippen LogP contribution is 2.29. The number of thiocarbonyl (C=S) groups is 1. The van der Waals surface area contributed by atoms with E-state index < -0.39 is 5.97 Å². The summed E-state index contributed by atoms with van der Waals surface area (Å²) in [5.74, 6) is -0.299. The number of rotatable bonds is 5. The Hall–Kier alpha value is -3.16. The molecule has 0 fully saturated rings. The maximum Gasteiger partial charge on any atom is 0.345 e. The van der Waals surface area contributed by atoms with Crippen LogP contribution >= 0.6 is 47.0 Å². The maximum atomic E-state index is 12.8. The molecule has 0 unspecified atom stereocenters. The highest BCUT2D eigenvalue weighted by Gasteiger charge is 2.16. The van der Waals surface area contributed by atoms with Crippen molar-refractivity contribution in [3.05, 3.63) is 105 Å². The summed E-state index contributed by atoms with van der Waals surface area (Å²) in [6, 6.07) is 22.9. The molecule has 0 amide bonds. The largest absolute Gasteiger partial charge is 0.422 e. The molecule has 9 heteroatoms. The lowest BCUT2D eigenvalue weighted by molar-refractivity contribution is 0.0735. The fourth-order valence-corrected chi connectivity index (χ4v) is 4.03. The zero-order valence-electron chi connectivity index (χ0n) is 17.4. The summed E-state index contributed by atoms with van der Waals surface area (Å²) in [5, 5.41) is 10.5. The van der Waals surface area contributed by atoms with Crippen LogP contribution in [0, 0.1) is 0 Å². The third-order valence-electron chi connectivity index (χ3n) is 4.73. The number of esters is 1. The van der Waals surface area contributed by atoms with Crippen molar-refractivity contribution < 1.29 is 9.53 Å². The van der Waals surface area contributed by atoms with Crippen LogP contribution in [-0.4, -0.2) is 17.3 Å². The van der Waals surface area contributed by atoms with Gasteiger partial charge in [-0.25, -0.2) is 4.79 Å². The Kier molecular flexibility index (Phi) is 7.65. The average Bonchev–Trinajstić information content (AvgIpc) is 2.80. The van der Waals surface area contributed by atoms with E-state index in [1.54, 1.807) is 36.5 Å². The van der Waals surface area contributed by atoms with Crippen molar-refractivity contribution in [1.82, 2.24) is 5.43 Å². The van der Waals surface area contributed by atoms with Crippen molar-refractivity contribution >= 4 is 80.8 Å².